The maximum absolute atomic E-state index is 8.98. The largest absolute Gasteiger partial charge is 0.396 e. The summed E-state index contributed by atoms with van der Waals surface area (Å²) in [6, 6.07) is 0. The zero-order chi connectivity index (χ0) is 13.0. The summed E-state index contributed by atoms with van der Waals surface area (Å²) in [4.78, 5) is 5.86. The molecule has 3 nitrogen and oxygen atoms in total. The van der Waals surface area contributed by atoms with E-state index >= 15 is 0 Å². The lowest BCUT2D eigenvalue weighted by atomic mass is 9.86. The molecule has 1 aliphatic carbocycles. The number of nitrogens with zero attached hydrogens (tertiary/aromatic N) is 1. The van der Waals surface area contributed by atoms with E-state index in [0.29, 0.717) is 0 Å². The van der Waals surface area contributed by atoms with E-state index in [1.165, 1.54) is 29.1 Å². The number of aliphatic hydroxyl groups excluding tert-OH is 1. The van der Waals surface area contributed by atoms with Crippen LogP contribution in [0.25, 0.3) is 0 Å². The van der Waals surface area contributed by atoms with E-state index in [0.717, 1.165) is 25.4 Å². The van der Waals surface area contributed by atoms with Gasteiger partial charge in [-0.1, -0.05) is 20.3 Å². The van der Waals surface area contributed by atoms with Crippen LogP contribution in [-0.2, 0) is 6.54 Å². The molecule has 1 fully saturated rings. The first-order chi connectivity index (χ1) is 8.61. The fourth-order valence-corrected chi connectivity index (χ4v) is 3.22. The number of aliphatic hydroxyl groups is 1. The molecule has 0 aliphatic heterocycles. The predicted octanol–water partition coefficient (Wildman–Crippen LogP) is 2.91. The van der Waals surface area contributed by atoms with E-state index in [1.807, 2.05) is 17.5 Å². The number of aromatic nitrogens is 1. The Hall–Kier alpha value is -0.450. The van der Waals surface area contributed by atoms with E-state index in [1.54, 1.807) is 0 Å². The molecule has 0 bridgehead atoms. The van der Waals surface area contributed by atoms with Crippen LogP contribution >= 0.6 is 11.3 Å². The van der Waals surface area contributed by atoms with Gasteiger partial charge in [0, 0.05) is 36.7 Å². The Morgan fingerprint density at radius 2 is 2.28 bits per heavy atom. The van der Waals surface area contributed by atoms with E-state index < -0.39 is 0 Å². The van der Waals surface area contributed by atoms with Crippen LogP contribution in [-0.4, -0.2) is 23.2 Å². The van der Waals surface area contributed by atoms with Crippen molar-refractivity contribution in [3.05, 3.63) is 16.1 Å². The lowest BCUT2D eigenvalue weighted by molar-refractivity contribution is 0.207. The van der Waals surface area contributed by atoms with Crippen molar-refractivity contribution < 1.29 is 5.11 Å². The second-order valence-electron chi connectivity index (χ2n) is 6.03. The summed E-state index contributed by atoms with van der Waals surface area (Å²) in [6.07, 6.45) is 6.88. The molecule has 1 heterocycles. The molecule has 18 heavy (non-hydrogen) atoms. The van der Waals surface area contributed by atoms with Gasteiger partial charge in [0.1, 0.15) is 0 Å². The Balaban J connectivity index is 1.74. The molecule has 0 aromatic carbocycles. The number of thiazole rings is 1. The van der Waals surface area contributed by atoms with Crippen LogP contribution in [0, 0.1) is 5.41 Å². The zero-order valence-electron chi connectivity index (χ0n) is 11.4. The number of hydrogen-bond acceptors (Lipinski definition) is 4. The molecule has 4 heteroatoms. The Bertz CT molecular complexity index is 372. The third-order valence-electron chi connectivity index (χ3n) is 3.72. The van der Waals surface area contributed by atoms with Gasteiger partial charge in [-0.25, -0.2) is 4.98 Å². The molecule has 1 aromatic rings. The van der Waals surface area contributed by atoms with Crippen molar-refractivity contribution in [2.24, 2.45) is 5.41 Å². The van der Waals surface area contributed by atoms with Gasteiger partial charge < -0.3 is 10.4 Å². The van der Waals surface area contributed by atoms with E-state index in [9.17, 15) is 0 Å². The highest BCUT2D eigenvalue weighted by Crippen LogP contribution is 2.38. The number of rotatable bonds is 7. The third-order valence-corrected chi connectivity index (χ3v) is 4.88. The third kappa shape index (κ3) is 3.77. The van der Waals surface area contributed by atoms with Crippen molar-refractivity contribution in [2.45, 2.75) is 52.0 Å². The average molecular weight is 268 g/mol. The first kappa shape index (κ1) is 14.0. The summed E-state index contributed by atoms with van der Waals surface area (Å²) >= 11 is 1.86. The summed E-state index contributed by atoms with van der Waals surface area (Å²) in [5, 5.41) is 13.8. The molecular formula is C14H24N2OS. The topological polar surface area (TPSA) is 45.1 Å². The quantitative estimate of drug-likeness (QED) is 0.799. The molecule has 1 saturated carbocycles. The van der Waals surface area contributed by atoms with Crippen LogP contribution < -0.4 is 5.32 Å². The molecule has 0 spiro atoms. The Kier molecular flexibility index (Phi) is 4.76. The van der Waals surface area contributed by atoms with Gasteiger partial charge in [0.25, 0.3) is 0 Å². The van der Waals surface area contributed by atoms with Crippen LogP contribution in [0.15, 0.2) is 6.20 Å². The molecular weight excluding hydrogens is 244 g/mol. The molecule has 2 rings (SSSR count). The Morgan fingerprint density at radius 1 is 1.50 bits per heavy atom. The van der Waals surface area contributed by atoms with Gasteiger partial charge in [-0.15, -0.1) is 11.3 Å². The van der Waals surface area contributed by atoms with Crippen LogP contribution in [0.3, 0.4) is 0 Å². The van der Waals surface area contributed by atoms with Gasteiger partial charge in [-0.05, 0) is 24.7 Å². The van der Waals surface area contributed by atoms with E-state index in [-0.39, 0.29) is 12.0 Å². The molecule has 0 unspecified atom stereocenters. The number of hydrogen-bond donors (Lipinski definition) is 2. The molecule has 2 N–H and O–H groups in total. The highest BCUT2D eigenvalue weighted by Gasteiger charge is 2.22. The fraction of sp³-hybridized carbons (Fsp3) is 0.786. The smallest absolute Gasteiger partial charge is 0.0959 e. The minimum Gasteiger partial charge on any atom is -0.396 e. The van der Waals surface area contributed by atoms with Gasteiger partial charge in [0.15, 0.2) is 0 Å². The lowest BCUT2D eigenvalue weighted by Crippen LogP contribution is -2.29. The van der Waals surface area contributed by atoms with Crippen molar-refractivity contribution in [1.82, 2.24) is 10.3 Å². The Morgan fingerprint density at radius 3 is 2.89 bits per heavy atom. The summed E-state index contributed by atoms with van der Waals surface area (Å²) in [7, 11) is 0. The fourth-order valence-electron chi connectivity index (χ4n) is 2.16. The van der Waals surface area contributed by atoms with Crippen LogP contribution in [0.4, 0.5) is 0 Å². The molecule has 102 valence electrons. The maximum Gasteiger partial charge on any atom is 0.0959 e. The monoisotopic (exact) mass is 268 g/mol. The summed E-state index contributed by atoms with van der Waals surface area (Å²) in [5.41, 5.74) is 0.163. The van der Waals surface area contributed by atoms with Crippen molar-refractivity contribution in [1.29, 1.82) is 0 Å². The second-order valence-corrected chi connectivity index (χ2v) is 7.18. The van der Waals surface area contributed by atoms with Crippen molar-refractivity contribution in [2.75, 3.05) is 13.2 Å². The summed E-state index contributed by atoms with van der Waals surface area (Å²) in [6.45, 7) is 6.47. The molecule has 0 saturated heterocycles. The standard InChI is InChI=1S/C14H24N2OS/c1-14(2,6-7-17)10-15-8-12-9-16-13(18-12)11-4-3-5-11/h9,11,15,17H,3-8,10H2,1-2H3. The van der Waals surface area contributed by atoms with Crippen molar-refractivity contribution >= 4 is 11.3 Å². The van der Waals surface area contributed by atoms with Gasteiger partial charge in [0.05, 0.1) is 5.01 Å². The van der Waals surface area contributed by atoms with Gasteiger partial charge in [-0.3, -0.25) is 0 Å². The molecule has 1 aliphatic rings. The zero-order valence-corrected chi connectivity index (χ0v) is 12.2. The van der Waals surface area contributed by atoms with Crippen molar-refractivity contribution in [3.63, 3.8) is 0 Å². The van der Waals surface area contributed by atoms with Crippen LogP contribution in [0.2, 0.25) is 0 Å². The number of nitrogens with one attached hydrogen (secondary N) is 1. The lowest BCUT2D eigenvalue weighted by Gasteiger charge is -2.23. The molecule has 1 aromatic heterocycles. The molecule has 0 amide bonds. The maximum atomic E-state index is 8.98. The highest BCUT2D eigenvalue weighted by atomic mass is 32.1. The SMILES string of the molecule is CC(C)(CCO)CNCc1cnc(C2CCC2)s1. The first-order valence-electron chi connectivity index (χ1n) is 6.87. The minimum absolute atomic E-state index is 0.163. The van der Waals surface area contributed by atoms with Gasteiger partial charge in [-0.2, -0.15) is 0 Å². The van der Waals surface area contributed by atoms with Gasteiger partial charge >= 0.3 is 0 Å². The van der Waals surface area contributed by atoms with Gasteiger partial charge in [0.2, 0.25) is 0 Å². The molecule has 0 atom stereocenters. The second kappa shape index (κ2) is 6.13. The average Bonchev–Trinajstić information content (AvgIpc) is 2.63. The highest BCUT2D eigenvalue weighted by molar-refractivity contribution is 7.11. The minimum atomic E-state index is 0.163. The van der Waals surface area contributed by atoms with Crippen molar-refractivity contribution in [3.8, 4) is 0 Å². The molecule has 0 radical (unpaired) electrons. The first-order valence-corrected chi connectivity index (χ1v) is 7.68. The van der Waals surface area contributed by atoms with Crippen LogP contribution in [0.1, 0.15) is 55.3 Å². The van der Waals surface area contributed by atoms with E-state index in [4.69, 9.17) is 5.11 Å². The van der Waals surface area contributed by atoms with E-state index in [2.05, 4.69) is 24.1 Å². The van der Waals surface area contributed by atoms with Crippen LogP contribution in [0.5, 0.6) is 0 Å². The predicted molar refractivity (Wildman–Crippen MR) is 75.9 cm³/mol. The summed E-state index contributed by atoms with van der Waals surface area (Å²) in [5.74, 6) is 0.745. The normalized spacial score (nSPS) is 16.8. The summed E-state index contributed by atoms with van der Waals surface area (Å²) < 4.78 is 0. The Labute approximate surface area is 114 Å².